The van der Waals surface area contributed by atoms with Gasteiger partial charge in [-0.1, -0.05) is 43.3 Å². The second kappa shape index (κ2) is 12.1. The Bertz CT molecular complexity index is 1470. The van der Waals surface area contributed by atoms with E-state index in [1.165, 1.54) is 22.1 Å². The van der Waals surface area contributed by atoms with Gasteiger partial charge in [-0.3, -0.25) is 15.0 Å². The Morgan fingerprint density at radius 3 is 2.23 bits per heavy atom. The van der Waals surface area contributed by atoms with Gasteiger partial charge in [-0.25, -0.2) is 0 Å². The lowest BCUT2D eigenvalue weighted by Gasteiger charge is -2.41. The fourth-order valence-corrected chi connectivity index (χ4v) is 5.58. The summed E-state index contributed by atoms with van der Waals surface area (Å²) in [5.74, 6) is 2.46. The van der Waals surface area contributed by atoms with Crippen LogP contribution in [0.25, 0.3) is 10.8 Å². The number of nitro benzene ring substituents is 1. The van der Waals surface area contributed by atoms with E-state index < -0.39 is 0 Å². The highest BCUT2D eigenvalue weighted by atomic mass is 79.9. The van der Waals surface area contributed by atoms with Crippen molar-refractivity contribution >= 4 is 33.4 Å². The topological polar surface area (TPSA) is 74.1 Å². The first-order valence-electron chi connectivity index (χ1n) is 12.7. The van der Waals surface area contributed by atoms with Crippen LogP contribution in [0.2, 0.25) is 0 Å². The minimum atomic E-state index is -0.360. The minimum absolute atomic E-state index is 0. The lowest BCUT2D eigenvalue weighted by molar-refractivity contribution is -0.384. The zero-order chi connectivity index (χ0) is 26.8. The molecule has 1 heterocycles. The summed E-state index contributed by atoms with van der Waals surface area (Å²) >= 11 is 0. The third kappa shape index (κ3) is 5.72. The Kier molecular flexibility index (Phi) is 8.77. The molecule has 4 aromatic rings. The quantitative estimate of drug-likeness (QED) is 0.158. The number of benzene rings is 4. The molecule has 0 fully saturated rings. The summed E-state index contributed by atoms with van der Waals surface area (Å²) in [6, 6.07) is 23.9. The number of hydrogen-bond acceptors (Lipinski definition) is 6. The molecule has 8 heteroatoms. The van der Waals surface area contributed by atoms with Gasteiger partial charge >= 0.3 is 0 Å². The molecule has 0 N–H and O–H groups in total. The van der Waals surface area contributed by atoms with Crippen LogP contribution in [0.5, 0.6) is 17.2 Å². The summed E-state index contributed by atoms with van der Waals surface area (Å²) in [6.07, 6.45) is 0.878. The maximum absolute atomic E-state index is 11.1. The molecule has 0 spiro atoms. The molecule has 5 rings (SSSR count). The Morgan fingerprint density at radius 2 is 1.56 bits per heavy atom. The van der Waals surface area contributed by atoms with E-state index in [1.807, 2.05) is 18.2 Å². The summed E-state index contributed by atoms with van der Waals surface area (Å²) in [5, 5.41) is 13.5. The van der Waals surface area contributed by atoms with Crippen molar-refractivity contribution in [2.45, 2.75) is 31.8 Å². The maximum Gasteiger partial charge on any atom is 0.269 e. The van der Waals surface area contributed by atoms with Gasteiger partial charge < -0.3 is 14.2 Å². The van der Waals surface area contributed by atoms with Crippen molar-refractivity contribution in [3.05, 3.63) is 105 Å². The van der Waals surface area contributed by atoms with Crippen LogP contribution in [0, 0.1) is 10.1 Å². The fraction of sp³-hybridized carbons (Fsp3) is 0.290. The van der Waals surface area contributed by atoms with Crippen LogP contribution in [0.1, 0.15) is 41.1 Å². The van der Waals surface area contributed by atoms with E-state index in [-0.39, 0.29) is 39.6 Å². The smallest absolute Gasteiger partial charge is 0.269 e. The van der Waals surface area contributed by atoms with Gasteiger partial charge in [0.1, 0.15) is 5.75 Å². The van der Waals surface area contributed by atoms with Crippen LogP contribution in [0.3, 0.4) is 0 Å². The van der Waals surface area contributed by atoms with Crippen molar-refractivity contribution in [1.82, 2.24) is 4.90 Å². The van der Waals surface area contributed by atoms with Gasteiger partial charge in [0.25, 0.3) is 5.69 Å². The Labute approximate surface area is 239 Å². The average Bonchev–Trinajstić information content (AvgIpc) is 2.95. The molecule has 0 amide bonds. The lowest BCUT2D eigenvalue weighted by atomic mass is 9.81. The van der Waals surface area contributed by atoms with Gasteiger partial charge in [-0.05, 0) is 63.7 Å². The number of rotatable bonds is 8. The SMILES string of the molecule is Br.COc1ccc2cc(C(C)C3c4cc(OC)c(OC)cc4CCN3Cc3ccc([N+](=O)[O-])cc3)ccc2c1. The number of ether oxygens (including phenoxy) is 3. The number of nitrogens with zero attached hydrogens (tertiary/aromatic N) is 2. The number of methoxy groups -OCH3 is 3. The highest BCUT2D eigenvalue weighted by Gasteiger charge is 2.34. The van der Waals surface area contributed by atoms with E-state index in [9.17, 15) is 10.1 Å². The van der Waals surface area contributed by atoms with Gasteiger partial charge in [0, 0.05) is 37.2 Å². The van der Waals surface area contributed by atoms with Crippen molar-refractivity contribution in [2.75, 3.05) is 27.9 Å². The Balaban J connectivity index is 0.00000353. The third-order valence-corrected chi connectivity index (χ3v) is 7.63. The van der Waals surface area contributed by atoms with Crippen LogP contribution in [0.15, 0.2) is 72.8 Å². The molecule has 2 unspecified atom stereocenters. The molecule has 1 aliphatic heterocycles. The molecule has 1 aliphatic rings. The zero-order valence-electron chi connectivity index (χ0n) is 22.5. The molecule has 2 atom stereocenters. The first-order valence-corrected chi connectivity index (χ1v) is 12.7. The predicted octanol–water partition coefficient (Wildman–Crippen LogP) is 7.25. The van der Waals surface area contributed by atoms with Crippen molar-refractivity contribution in [1.29, 1.82) is 0 Å². The predicted molar refractivity (Wildman–Crippen MR) is 159 cm³/mol. The van der Waals surface area contributed by atoms with E-state index in [4.69, 9.17) is 14.2 Å². The summed E-state index contributed by atoms with van der Waals surface area (Å²) in [4.78, 5) is 13.3. The van der Waals surface area contributed by atoms with Crippen molar-refractivity contribution in [3.8, 4) is 17.2 Å². The lowest BCUT2D eigenvalue weighted by Crippen LogP contribution is -2.37. The van der Waals surface area contributed by atoms with E-state index in [0.29, 0.717) is 12.3 Å². The van der Waals surface area contributed by atoms with Crippen LogP contribution >= 0.6 is 17.0 Å². The average molecular weight is 594 g/mol. The summed E-state index contributed by atoms with van der Waals surface area (Å²) in [6.45, 7) is 3.81. The highest BCUT2D eigenvalue weighted by molar-refractivity contribution is 8.93. The zero-order valence-corrected chi connectivity index (χ0v) is 24.3. The van der Waals surface area contributed by atoms with Gasteiger partial charge in [-0.15, -0.1) is 17.0 Å². The third-order valence-electron chi connectivity index (χ3n) is 7.63. The molecule has 0 bridgehead atoms. The normalized spacial score (nSPS) is 15.6. The largest absolute Gasteiger partial charge is 0.497 e. The van der Waals surface area contributed by atoms with Crippen LogP contribution < -0.4 is 14.2 Å². The highest BCUT2D eigenvalue weighted by Crippen LogP contribution is 2.45. The number of nitro groups is 1. The first kappa shape index (κ1) is 28.4. The van der Waals surface area contributed by atoms with Gasteiger partial charge in [-0.2, -0.15) is 0 Å². The second-order valence-corrected chi connectivity index (χ2v) is 9.76. The second-order valence-electron chi connectivity index (χ2n) is 9.76. The van der Waals surface area contributed by atoms with Crippen molar-refractivity contribution in [3.63, 3.8) is 0 Å². The molecule has 0 aliphatic carbocycles. The number of fused-ring (bicyclic) bond motifs is 2. The van der Waals surface area contributed by atoms with Crippen LogP contribution in [-0.4, -0.2) is 37.7 Å². The maximum atomic E-state index is 11.1. The molecule has 0 saturated heterocycles. The molecular formula is C31H33BrN2O5. The van der Waals surface area contributed by atoms with Crippen LogP contribution in [0.4, 0.5) is 5.69 Å². The summed E-state index contributed by atoms with van der Waals surface area (Å²) in [7, 11) is 5.01. The van der Waals surface area contributed by atoms with Crippen LogP contribution in [-0.2, 0) is 13.0 Å². The Morgan fingerprint density at radius 1 is 0.897 bits per heavy atom. The van der Waals surface area contributed by atoms with Gasteiger partial charge in [0.05, 0.1) is 26.3 Å². The standard InChI is InChI=1S/C31H32N2O5.BrH/c1-20(22-7-8-24-16-27(36-2)12-9-23(24)15-22)31-28-18-30(38-4)29(37-3)17-25(28)13-14-32(31)19-21-5-10-26(11-6-21)33(34)35;/h5-12,15-18,20,31H,13-14,19H2,1-4H3;1H. The number of halogens is 1. The minimum Gasteiger partial charge on any atom is -0.497 e. The first-order chi connectivity index (χ1) is 18.4. The number of hydrogen-bond donors (Lipinski definition) is 0. The molecule has 0 saturated carbocycles. The van der Waals surface area contributed by atoms with E-state index in [0.717, 1.165) is 35.4 Å². The fourth-order valence-electron chi connectivity index (χ4n) is 5.58. The van der Waals surface area contributed by atoms with E-state index in [1.54, 1.807) is 33.5 Å². The van der Waals surface area contributed by atoms with E-state index in [2.05, 4.69) is 54.3 Å². The Hall–Kier alpha value is -3.62. The molecule has 39 heavy (non-hydrogen) atoms. The molecule has 0 radical (unpaired) electrons. The molecule has 0 aromatic heterocycles. The summed E-state index contributed by atoms with van der Waals surface area (Å²) < 4.78 is 16.7. The molecule has 7 nitrogen and oxygen atoms in total. The van der Waals surface area contributed by atoms with E-state index >= 15 is 0 Å². The van der Waals surface area contributed by atoms with Gasteiger partial charge in [0.2, 0.25) is 0 Å². The molecule has 204 valence electrons. The molecule has 4 aromatic carbocycles. The molecular weight excluding hydrogens is 560 g/mol. The van der Waals surface area contributed by atoms with Crippen molar-refractivity contribution < 1.29 is 19.1 Å². The summed E-state index contributed by atoms with van der Waals surface area (Å²) in [5.41, 5.74) is 4.86. The van der Waals surface area contributed by atoms with Gasteiger partial charge in [0.15, 0.2) is 11.5 Å². The monoisotopic (exact) mass is 592 g/mol. The number of non-ortho nitro benzene ring substituents is 1. The van der Waals surface area contributed by atoms with Crippen molar-refractivity contribution in [2.24, 2.45) is 0 Å².